The Balaban J connectivity index is 4.04. The number of hydrogen-bond donors (Lipinski definition) is 1. The van der Waals surface area contributed by atoms with Gasteiger partial charge in [0.25, 0.3) is 0 Å². The van der Waals surface area contributed by atoms with Gasteiger partial charge in [-0.15, -0.1) is 0 Å². The van der Waals surface area contributed by atoms with Crippen LogP contribution in [0.5, 0.6) is 0 Å². The highest BCUT2D eigenvalue weighted by atomic mass is 19.4. The van der Waals surface area contributed by atoms with Crippen molar-refractivity contribution in [3.63, 3.8) is 0 Å². The van der Waals surface area contributed by atoms with Crippen LogP contribution in [0.15, 0.2) is 0 Å². The van der Waals surface area contributed by atoms with Gasteiger partial charge in [0.1, 0.15) is 16.7 Å². The van der Waals surface area contributed by atoms with Crippen molar-refractivity contribution >= 4 is 5.69 Å². The average molecular weight is 333 g/mol. The van der Waals surface area contributed by atoms with Crippen molar-refractivity contribution in [3.05, 3.63) is 28.3 Å². The van der Waals surface area contributed by atoms with Crippen LogP contribution < -0.4 is 5.73 Å². The van der Waals surface area contributed by atoms with Crippen LogP contribution in [0.3, 0.4) is 0 Å². The molecule has 0 fully saturated rings. The van der Waals surface area contributed by atoms with E-state index in [1.165, 1.54) is 0 Å². The van der Waals surface area contributed by atoms with E-state index >= 15 is 0 Å². The molecule has 1 nitrogen and oxygen atoms in total. The van der Waals surface area contributed by atoms with Crippen LogP contribution in [0.25, 0.3) is 0 Å². The SMILES string of the molecule is Nc1c(C(F)(F)F)c(F)c(C(F)(F)F)c(F)c1C(F)(F)F. The van der Waals surface area contributed by atoms with Crippen LogP contribution in [0.1, 0.15) is 16.7 Å². The summed E-state index contributed by atoms with van der Waals surface area (Å²) in [5.41, 5.74) is -7.48. The molecular weight excluding hydrogens is 331 g/mol. The minimum absolute atomic E-state index is 2.50. The molecule has 0 radical (unpaired) electrons. The fourth-order valence-corrected chi connectivity index (χ4v) is 1.51. The van der Waals surface area contributed by atoms with Crippen molar-refractivity contribution in [1.82, 2.24) is 0 Å². The highest BCUT2D eigenvalue weighted by Gasteiger charge is 2.51. The standard InChI is InChI=1S/C9H2F11N/c10-4-1(7(12,13)14)5(11)3(9(18,19)20)6(21)2(4)8(15,16)17/h21H2. The van der Waals surface area contributed by atoms with Crippen LogP contribution in [0.4, 0.5) is 54.0 Å². The molecule has 21 heavy (non-hydrogen) atoms. The maximum absolute atomic E-state index is 13.2. The summed E-state index contributed by atoms with van der Waals surface area (Å²) in [6.45, 7) is 0. The van der Waals surface area contributed by atoms with E-state index in [2.05, 4.69) is 5.73 Å². The van der Waals surface area contributed by atoms with Crippen molar-refractivity contribution in [2.45, 2.75) is 18.5 Å². The maximum atomic E-state index is 13.2. The van der Waals surface area contributed by atoms with Crippen LogP contribution in [-0.4, -0.2) is 0 Å². The number of anilines is 1. The zero-order valence-corrected chi connectivity index (χ0v) is 9.23. The highest BCUT2D eigenvalue weighted by Crippen LogP contribution is 2.48. The first-order valence-electron chi connectivity index (χ1n) is 4.62. The first-order valence-corrected chi connectivity index (χ1v) is 4.62. The van der Waals surface area contributed by atoms with Crippen molar-refractivity contribution < 1.29 is 48.3 Å². The molecule has 0 saturated carbocycles. The molecule has 0 aliphatic heterocycles. The summed E-state index contributed by atoms with van der Waals surface area (Å²) in [5.74, 6) is -6.50. The Labute approximate surface area is 108 Å². The van der Waals surface area contributed by atoms with Crippen molar-refractivity contribution in [2.24, 2.45) is 0 Å². The van der Waals surface area contributed by atoms with E-state index in [-0.39, 0.29) is 0 Å². The first-order chi connectivity index (χ1) is 9.10. The van der Waals surface area contributed by atoms with Gasteiger partial charge in [-0.3, -0.25) is 0 Å². The largest absolute Gasteiger partial charge is 0.422 e. The molecule has 0 heterocycles. The van der Waals surface area contributed by atoms with Crippen LogP contribution in [-0.2, 0) is 18.5 Å². The molecule has 1 aromatic rings. The fourth-order valence-electron chi connectivity index (χ4n) is 1.51. The maximum Gasteiger partial charge on any atom is 0.422 e. The Hall–Kier alpha value is -1.75. The second kappa shape index (κ2) is 4.63. The highest BCUT2D eigenvalue weighted by molar-refractivity contribution is 5.60. The molecule has 120 valence electrons. The monoisotopic (exact) mass is 333 g/mol. The van der Waals surface area contributed by atoms with Crippen molar-refractivity contribution in [2.75, 3.05) is 5.73 Å². The van der Waals surface area contributed by atoms with Gasteiger partial charge in [0.15, 0.2) is 11.6 Å². The minimum atomic E-state index is -6.12. The molecule has 0 aromatic heterocycles. The molecule has 0 atom stereocenters. The van der Waals surface area contributed by atoms with Gasteiger partial charge in [-0.05, 0) is 0 Å². The molecule has 12 heteroatoms. The molecule has 0 saturated heterocycles. The Morgan fingerprint density at radius 1 is 0.524 bits per heavy atom. The normalized spacial score (nSPS) is 13.7. The molecule has 1 aromatic carbocycles. The van der Waals surface area contributed by atoms with E-state index in [9.17, 15) is 48.3 Å². The molecule has 2 N–H and O–H groups in total. The third-order valence-electron chi connectivity index (χ3n) is 2.27. The van der Waals surface area contributed by atoms with Gasteiger partial charge in [0, 0.05) is 0 Å². The summed E-state index contributed by atoms with van der Waals surface area (Å²) in [5, 5.41) is 0. The molecule has 0 bridgehead atoms. The zero-order chi connectivity index (χ0) is 17.0. The molecule has 0 unspecified atom stereocenters. The number of hydrogen-bond acceptors (Lipinski definition) is 1. The van der Waals surface area contributed by atoms with Crippen molar-refractivity contribution in [3.8, 4) is 0 Å². The second-order valence-electron chi connectivity index (χ2n) is 3.66. The quantitative estimate of drug-likeness (QED) is 0.545. The fraction of sp³-hybridized carbons (Fsp3) is 0.333. The summed E-state index contributed by atoms with van der Waals surface area (Å²) in [7, 11) is 0. The predicted molar refractivity (Wildman–Crippen MR) is 45.8 cm³/mol. The van der Waals surface area contributed by atoms with Gasteiger partial charge in [0.05, 0.1) is 5.69 Å². The van der Waals surface area contributed by atoms with E-state index in [0.717, 1.165) is 0 Å². The summed E-state index contributed by atoms with van der Waals surface area (Å²) in [6, 6.07) is 0. The topological polar surface area (TPSA) is 26.0 Å². The van der Waals surface area contributed by atoms with Gasteiger partial charge in [0.2, 0.25) is 0 Å². The molecule has 1 rings (SSSR count). The summed E-state index contributed by atoms with van der Waals surface area (Å²) in [4.78, 5) is 0. The molecule has 0 amide bonds. The third kappa shape index (κ3) is 2.97. The smallest absolute Gasteiger partial charge is 0.398 e. The van der Waals surface area contributed by atoms with Crippen LogP contribution in [0.2, 0.25) is 0 Å². The summed E-state index contributed by atoms with van der Waals surface area (Å²) in [6.07, 6.45) is -18.1. The van der Waals surface area contributed by atoms with E-state index in [0.29, 0.717) is 0 Å². The Kier molecular flexibility index (Phi) is 3.81. The van der Waals surface area contributed by atoms with Gasteiger partial charge in [-0.2, -0.15) is 39.5 Å². The lowest BCUT2D eigenvalue weighted by atomic mass is 9.99. The van der Waals surface area contributed by atoms with E-state index in [1.54, 1.807) is 0 Å². The van der Waals surface area contributed by atoms with Crippen molar-refractivity contribution in [1.29, 1.82) is 0 Å². The number of halogens is 11. The van der Waals surface area contributed by atoms with E-state index in [1.807, 2.05) is 0 Å². The lowest BCUT2D eigenvalue weighted by molar-refractivity contribution is -0.154. The molecule has 0 spiro atoms. The summed E-state index contributed by atoms with van der Waals surface area (Å²) < 4.78 is 138. The second-order valence-corrected chi connectivity index (χ2v) is 3.66. The number of alkyl halides is 9. The minimum Gasteiger partial charge on any atom is -0.398 e. The van der Waals surface area contributed by atoms with Gasteiger partial charge >= 0.3 is 18.5 Å². The molecular formula is C9H2F11N. The zero-order valence-electron chi connectivity index (χ0n) is 9.23. The predicted octanol–water partition coefficient (Wildman–Crippen LogP) is 4.60. The summed E-state index contributed by atoms with van der Waals surface area (Å²) >= 11 is 0. The van der Waals surface area contributed by atoms with Crippen LogP contribution >= 0.6 is 0 Å². The number of rotatable bonds is 0. The van der Waals surface area contributed by atoms with E-state index < -0.39 is 52.5 Å². The van der Waals surface area contributed by atoms with Crippen LogP contribution in [0, 0.1) is 11.6 Å². The number of nitrogens with two attached hydrogens (primary N) is 1. The van der Waals surface area contributed by atoms with Gasteiger partial charge in [-0.25, -0.2) is 8.78 Å². The van der Waals surface area contributed by atoms with Gasteiger partial charge < -0.3 is 5.73 Å². The third-order valence-corrected chi connectivity index (χ3v) is 2.27. The Morgan fingerprint density at radius 3 is 0.952 bits per heavy atom. The molecule has 0 aliphatic rings. The lowest BCUT2D eigenvalue weighted by Gasteiger charge is -2.21. The van der Waals surface area contributed by atoms with E-state index in [4.69, 9.17) is 0 Å². The lowest BCUT2D eigenvalue weighted by Crippen LogP contribution is -2.25. The molecule has 0 aliphatic carbocycles. The number of nitrogen functional groups attached to an aromatic ring is 1. The number of benzene rings is 1. The Morgan fingerprint density at radius 2 is 0.762 bits per heavy atom. The Bertz CT molecular complexity index is 461. The van der Waals surface area contributed by atoms with Gasteiger partial charge in [-0.1, -0.05) is 0 Å². The average Bonchev–Trinajstić information content (AvgIpc) is 2.07. The first kappa shape index (κ1) is 17.3.